The van der Waals surface area contributed by atoms with Gasteiger partial charge in [-0.1, -0.05) is 12.1 Å². The molecule has 1 aliphatic rings. The normalized spacial score (nSPS) is 15.2. The summed E-state index contributed by atoms with van der Waals surface area (Å²) in [5.41, 5.74) is -0.421. The number of carbonyl (C=O) groups excluding carboxylic acids is 1. The van der Waals surface area contributed by atoms with Crippen LogP contribution in [0.1, 0.15) is 40.9 Å². The number of aromatic nitrogens is 1. The first-order valence-electron chi connectivity index (χ1n) is 12.2. The molecule has 2 aromatic carbocycles. The molecule has 0 atom stereocenters. The molecule has 3 aromatic rings. The predicted molar refractivity (Wildman–Crippen MR) is 133 cm³/mol. The molecule has 198 valence electrons. The van der Waals surface area contributed by atoms with E-state index in [4.69, 9.17) is 0 Å². The largest absolute Gasteiger partial charge is 0.352 e. The van der Waals surface area contributed by atoms with E-state index in [1.54, 1.807) is 6.92 Å². The van der Waals surface area contributed by atoms with Gasteiger partial charge in [0.1, 0.15) is 11.6 Å². The number of hydrogen-bond donors (Lipinski definition) is 2. The lowest BCUT2D eigenvalue weighted by molar-refractivity contribution is 0.0950. The third-order valence-corrected chi connectivity index (χ3v) is 7.00. The Bertz CT molecular complexity index is 1460. The van der Waals surface area contributed by atoms with E-state index in [2.05, 4.69) is 21.3 Å². The number of aryl methyl sites for hydroxylation is 1. The van der Waals surface area contributed by atoms with Crippen molar-refractivity contribution in [2.24, 2.45) is 0 Å². The van der Waals surface area contributed by atoms with E-state index >= 15 is 0 Å². The zero-order valence-electron chi connectivity index (χ0n) is 20.7. The summed E-state index contributed by atoms with van der Waals surface area (Å²) in [6.07, 6.45) is 1.37. The van der Waals surface area contributed by atoms with Gasteiger partial charge in [0.25, 0.3) is 5.91 Å². The van der Waals surface area contributed by atoms with Crippen molar-refractivity contribution in [2.75, 3.05) is 26.2 Å². The van der Waals surface area contributed by atoms with Crippen molar-refractivity contribution < 1.29 is 22.4 Å². The Labute approximate surface area is 216 Å². The minimum atomic E-state index is -1.09. The van der Waals surface area contributed by atoms with Gasteiger partial charge in [0, 0.05) is 35.5 Å². The van der Waals surface area contributed by atoms with Crippen molar-refractivity contribution in [3.8, 4) is 17.2 Å². The molecule has 1 fully saturated rings. The molecule has 0 radical (unpaired) electrons. The van der Waals surface area contributed by atoms with Crippen LogP contribution < -0.4 is 10.9 Å². The minimum Gasteiger partial charge on any atom is -0.352 e. The second-order valence-electron chi connectivity index (χ2n) is 9.45. The van der Waals surface area contributed by atoms with Gasteiger partial charge in [-0.25, -0.2) is 17.6 Å². The van der Waals surface area contributed by atoms with Crippen LogP contribution in [0.25, 0.3) is 11.1 Å². The smallest absolute Gasteiger partial charge is 0.253 e. The van der Waals surface area contributed by atoms with Gasteiger partial charge in [0.05, 0.1) is 17.0 Å². The molecule has 0 saturated carbocycles. The Morgan fingerprint density at radius 1 is 1.05 bits per heavy atom. The number of likely N-dealkylation sites (tertiary alicyclic amines) is 1. The number of H-pyrrole nitrogens is 1. The summed E-state index contributed by atoms with van der Waals surface area (Å²) >= 11 is 0. The number of aromatic amines is 1. The van der Waals surface area contributed by atoms with Crippen LogP contribution in [0.15, 0.2) is 47.3 Å². The number of pyridine rings is 1. The number of hydrogen-bond acceptors (Lipinski definition) is 4. The Kier molecular flexibility index (Phi) is 7.97. The maximum absolute atomic E-state index is 14.4. The van der Waals surface area contributed by atoms with Crippen LogP contribution in [-0.4, -0.2) is 42.0 Å². The highest BCUT2D eigenvalue weighted by Crippen LogP contribution is 2.36. The molecule has 4 rings (SSSR count). The van der Waals surface area contributed by atoms with Gasteiger partial charge < -0.3 is 15.2 Å². The monoisotopic (exact) mass is 526 g/mol. The number of amides is 1. The van der Waals surface area contributed by atoms with Crippen LogP contribution in [0.5, 0.6) is 0 Å². The molecule has 2 N–H and O–H groups in total. The first kappa shape index (κ1) is 27.1. The number of nitrogens with one attached hydrogen (secondary N) is 2. The van der Waals surface area contributed by atoms with Gasteiger partial charge in [-0.05, 0) is 69.6 Å². The molecular weight excluding hydrogens is 500 g/mol. The lowest BCUT2D eigenvalue weighted by Gasteiger charge is -2.37. The first-order chi connectivity index (χ1) is 18.1. The van der Waals surface area contributed by atoms with Crippen molar-refractivity contribution in [3.63, 3.8) is 0 Å². The summed E-state index contributed by atoms with van der Waals surface area (Å²) in [5, 5.41) is 12.6. The minimum absolute atomic E-state index is 0.161. The van der Waals surface area contributed by atoms with Gasteiger partial charge in [-0.15, -0.1) is 0 Å². The molecule has 0 unspecified atom stereocenters. The van der Waals surface area contributed by atoms with Crippen LogP contribution in [0.2, 0.25) is 0 Å². The van der Waals surface area contributed by atoms with E-state index in [1.807, 2.05) is 0 Å². The summed E-state index contributed by atoms with van der Waals surface area (Å²) in [4.78, 5) is 29.7. The average molecular weight is 527 g/mol. The lowest BCUT2D eigenvalue weighted by atomic mass is 9.73. The van der Waals surface area contributed by atoms with Crippen molar-refractivity contribution in [1.82, 2.24) is 15.2 Å². The molecule has 6 nitrogen and oxygen atoms in total. The Morgan fingerprint density at radius 2 is 1.79 bits per heavy atom. The number of benzene rings is 2. The zero-order chi connectivity index (χ0) is 27.4. The highest BCUT2D eigenvalue weighted by Gasteiger charge is 2.38. The average Bonchev–Trinajstić information content (AvgIpc) is 2.88. The summed E-state index contributed by atoms with van der Waals surface area (Å²) in [7, 11) is 0. The molecule has 1 amide bonds. The standard InChI is InChI=1S/C28H26F4N4O2/c1-17-26(20(15-25(37)35-17)18-3-6-22(30)24(32)13-18)27(38)34-9-2-10-36-11-7-28(16-33,8-12-36)21-5-4-19(29)14-23(21)31/h3-6,13-15H,2,7-12H2,1H3,(H,34,38)(H,35,37). The molecule has 1 aliphatic heterocycles. The molecule has 38 heavy (non-hydrogen) atoms. The predicted octanol–water partition coefficient (Wildman–Crippen LogP) is 4.58. The first-order valence-corrected chi connectivity index (χ1v) is 12.2. The maximum Gasteiger partial charge on any atom is 0.253 e. The fourth-order valence-electron chi connectivity index (χ4n) is 4.94. The summed E-state index contributed by atoms with van der Waals surface area (Å²) in [6.45, 7) is 3.56. The topological polar surface area (TPSA) is 89.0 Å². The van der Waals surface area contributed by atoms with Crippen LogP contribution in [-0.2, 0) is 5.41 Å². The lowest BCUT2D eigenvalue weighted by Crippen LogP contribution is -2.43. The number of rotatable bonds is 7. The highest BCUT2D eigenvalue weighted by molar-refractivity contribution is 6.01. The van der Waals surface area contributed by atoms with E-state index in [-0.39, 0.29) is 22.3 Å². The maximum atomic E-state index is 14.4. The van der Waals surface area contributed by atoms with Crippen LogP contribution in [0, 0.1) is 41.5 Å². The fraction of sp³-hybridized carbons (Fsp3) is 0.321. The number of halogens is 4. The van der Waals surface area contributed by atoms with E-state index in [9.17, 15) is 32.4 Å². The van der Waals surface area contributed by atoms with Gasteiger partial charge in [0.2, 0.25) is 5.56 Å². The summed E-state index contributed by atoms with van der Waals surface area (Å²) in [6, 6.07) is 9.89. The van der Waals surface area contributed by atoms with Gasteiger partial charge in [-0.2, -0.15) is 5.26 Å². The molecule has 1 saturated heterocycles. The highest BCUT2D eigenvalue weighted by atomic mass is 19.2. The number of nitrogens with zero attached hydrogens (tertiary/aromatic N) is 2. The van der Waals surface area contributed by atoms with E-state index < -0.39 is 40.2 Å². The van der Waals surface area contributed by atoms with Crippen LogP contribution in [0.3, 0.4) is 0 Å². The van der Waals surface area contributed by atoms with Gasteiger partial charge in [-0.3, -0.25) is 9.59 Å². The third kappa shape index (κ3) is 5.63. The molecule has 0 bridgehead atoms. The number of piperidine rings is 1. The summed E-state index contributed by atoms with van der Waals surface area (Å²) in [5.74, 6) is -3.99. The summed E-state index contributed by atoms with van der Waals surface area (Å²) < 4.78 is 54.9. The van der Waals surface area contributed by atoms with Crippen molar-refractivity contribution in [3.05, 3.63) is 92.9 Å². The molecule has 1 aromatic heterocycles. The Hall–Kier alpha value is -3.97. The SMILES string of the molecule is Cc1[nH]c(=O)cc(-c2ccc(F)c(F)c2)c1C(=O)NCCCN1CCC(C#N)(c2ccc(F)cc2F)CC1. The fourth-order valence-corrected chi connectivity index (χ4v) is 4.94. The quantitative estimate of drug-likeness (QED) is 0.348. The zero-order valence-corrected chi connectivity index (χ0v) is 20.7. The molecule has 10 heteroatoms. The van der Waals surface area contributed by atoms with E-state index in [1.165, 1.54) is 18.2 Å². The Balaban J connectivity index is 1.36. The van der Waals surface area contributed by atoms with Crippen LogP contribution >= 0.6 is 0 Å². The second-order valence-corrected chi connectivity index (χ2v) is 9.45. The number of nitriles is 1. The van der Waals surface area contributed by atoms with Gasteiger partial charge in [0.15, 0.2) is 11.6 Å². The molecule has 0 spiro atoms. The second kappa shape index (κ2) is 11.2. The van der Waals surface area contributed by atoms with Crippen molar-refractivity contribution in [1.29, 1.82) is 5.26 Å². The van der Waals surface area contributed by atoms with Gasteiger partial charge >= 0.3 is 0 Å². The van der Waals surface area contributed by atoms with E-state index in [0.717, 1.165) is 24.3 Å². The van der Waals surface area contributed by atoms with E-state index in [0.29, 0.717) is 51.1 Å². The molecule has 0 aliphatic carbocycles. The van der Waals surface area contributed by atoms with Crippen LogP contribution in [0.4, 0.5) is 17.6 Å². The molecule has 2 heterocycles. The number of carbonyl (C=O) groups is 1. The Morgan fingerprint density at radius 3 is 2.45 bits per heavy atom. The van der Waals surface area contributed by atoms with Crippen molar-refractivity contribution in [2.45, 2.75) is 31.6 Å². The van der Waals surface area contributed by atoms with Crippen molar-refractivity contribution >= 4 is 5.91 Å². The molecular formula is C28H26F4N4O2. The third-order valence-electron chi connectivity index (χ3n) is 7.00.